The molecule has 0 heterocycles. The average molecular weight is 431 g/mol. The zero-order valence-electron chi connectivity index (χ0n) is 14.9. The molecule has 0 aliphatic rings. The van der Waals surface area contributed by atoms with Crippen molar-refractivity contribution in [1.82, 2.24) is 0 Å². The van der Waals surface area contributed by atoms with Gasteiger partial charge in [0.1, 0.15) is 12.4 Å². The molecule has 0 spiro atoms. The van der Waals surface area contributed by atoms with E-state index in [0.717, 1.165) is 24.3 Å². The summed E-state index contributed by atoms with van der Waals surface area (Å²) in [5.74, 6) is -1.63. The quantitative estimate of drug-likeness (QED) is 0.378. The van der Waals surface area contributed by atoms with Crippen LogP contribution in [0.25, 0.3) is 0 Å². The van der Waals surface area contributed by atoms with Gasteiger partial charge in [0.25, 0.3) is 15.7 Å². The van der Waals surface area contributed by atoms with Crippen LogP contribution in [-0.2, 0) is 19.6 Å². The molecule has 8 nitrogen and oxygen atoms in total. The van der Waals surface area contributed by atoms with Crippen LogP contribution < -0.4 is 4.31 Å². The van der Waals surface area contributed by atoms with Crippen LogP contribution in [-0.4, -0.2) is 32.5 Å². The molecule has 0 unspecified atom stereocenters. The normalized spacial score (nSPS) is 11.1. The van der Waals surface area contributed by atoms with Crippen LogP contribution in [0.3, 0.4) is 0 Å². The average Bonchev–Trinajstić information content (AvgIpc) is 2.62. The van der Waals surface area contributed by atoms with Gasteiger partial charge in [0.2, 0.25) is 0 Å². The Morgan fingerprint density at radius 1 is 1.29 bits per heavy atom. The number of ether oxygens (including phenoxy) is 1. The van der Waals surface area contributed by atoms with Crippen molar-refractivity contribution in [3.8, 4) is 0 Å². The number of rotatable bonds is 7. The van der Waals surface area contributed by atoms with Crippen LogP contribution in [0, 0.1) is 22.9 Å². The van der Waals surface area contributed by atoms with E-state index in [2.05, 4.69) is 0 Å². The van der Waals surface area contributed by atoms with Crippen molar-refractivity contribution in [2.24, 2.45) is 0 Å². The van der Waals surface area contributed by atoms with E-state index in [1.54, 1.807) is 6.92 Å². The molecule has 0 bridgehead atoms. The Bertz CT molecular complexity index is 1030. The summed E-state index contributed by atoms with van der Waals surface area (Å²) in [5, 5.41) is 10.8. The Morgan fingerprint density at radius 3 is 2.54 bits per heavy atom. The fourth-order valence-electron chi connectivity index (χ4n) is 2.35. The first-order valence-electron chi connectivity index (χ1n) is 7.96. The maximum absolute atomic E-state index is 13.5. The smallest absolute Gasteiger partial charge is 0.326 e. The minimum Gasteiger partial charge on any atom is -0.465 e. The molecule has 0 amide bonds. The van der Waals surface area contributed by atoms with Gasteiger partial charge < -0.3 is 4.74 Å². The van der Waals surface area contributed by atoms with E-state index in [1.807, 2.05) is 0 Å². The molecule has 0 fully saturated rings. The van der Waals surface area contributed by atoms with Gasteiger partial charge in [0, 0.05) is 11.6 Å². The third-order valence-electron chi connectivity index (χ3n) is 3.73. The van der Waals surface area contributed by atoms with Crippen molar-refractivity contribution in [2.45, 2.75) is 18.7 Å². The minimum atomic E-state index is -4.42. The lowest BCUT2D eigenvalue weighted by molar-refractivity contribution is -0.385. The summed E-state index contributed by atoms with van der Waals surface area (Å²) in [7, 11) is -4.42. The van der Waals surface area contributed by atoms with E-state index in [9.17, 15) is 27.7 Å². The van der Waals surface area contributed by atoms with Gasteiger partial charge in [-0.3, -0.25) is 19.2 Å². The molecule has 0 radical (unpaired) electrons. The summed E-state index contributed by atoms with van der Waals surface area (Å²) >= 11 is 5.74. The van der Waals surface area contributed by atoms with E-state index >= 15 is 0 Å². The van der Waals surface area contributed by atoms with E-state index < -0.39 is 43.9 Å². The van der Waals surface area contributed by atoms with Crippen molar-refractivity contribution in [3.05, 3.63) is 62.9 Å². The van der Waals surface area contributed by atoms with Crippen LogP contribution in [0.4, 0.5) is 15.8 Å². The molecule has 0 saturated carbocycles. The van der Waals surface area contributed by atoms with Gasteiger partial charge in [-0.1, -0.05) is 17.7 Å². The summed E-state index contributed by atoms with van der Waals surface area (Å²) in [4.78, 5) is 22.0. The molecule has 0 saturated heterocycles. The highest BCUT2D eigenvalue weighted by Gasteiger charge is 2.30. The number of carbonyl (C=O) groups is 1. The van der Waals surface area contributed by atoms with Gasteiger partial charge in [-0.2, -0.15) is 0 Å². The Labute approximate surface area is 165 Å². The molecule has 28 heavy (non-hydrogen) atoms. The van der Waals surface area contributed by atoms with Gasteiger partial charge in [-0.25, -0.2) is 12.8 Å². The number of aryl methyl sites for hydroxylation is 1. The molecule has 0 atom stereocenters. The van der Waals surface area contributed by atoms with Gasteiger partial charge in [0.15, 0.2) is 0 Å². The van der Waals surface area contributed by atoms with Crippen molar-refractivity contribution in [1.29, 1.82) is 0 Å². The molecule has 2 rings (SSSR count). The van der Waals surface area contributed by atoms with Crippen LogP contribution >= 0.6 is 11.6 Å². The van der Waals surface area contributed by atoms with Crippen LogP contribution in [0.5, 0.6) is 0 Å². The van der Waals surface area contributed by atoms with E-state index in [4.69, 9.17) is 16.3 Å². The SMILES string of the molecule is CCOC(=O)CN(c1ccc(F)c(Cl)c1)S(=O)(=O)c1ccc(C)c([N+](=O)[O-])c1. The number of nitrogens with zero attached hydrogens (tertiary/aromatic N) is 2. The van der Waals surface area contributed by atoms with E-state index in [-0.39, 0.29) is 22.9 Å². The predicted molar refractivity (Wildman–Crippen MR) is 100 cm³/mol. The summed E-state index contributed by atoms with van der Waals surface area (Å²) in [5.41, 5.74) is -0.220. The summed E-state index contributed by atoms with van der Waals surface area (Å²) in [6.45, 7) is 2.31. The topological polar surface area (TPSA) is 107 Å². The van der Waals surface area contributed by atoms with Crippen LogP contribution in [0.2, 0.25) is 5.02 Å². The van der Waals surface area contributed by atoms with Gasteiger partial charge in [0.05, 0.1) is 27.1 Å². The van der Waals surface area contributed by atoms with E-state index in [1.165, 1.54) is 19.1 Å². The Balaban J connectivity index is 2.60. The third kappa shape index (κ3) is 4.57. The molecule has 0 aliphatic heterocycles. The second-order valence-corrected chi connectivity index (χ2v) is 7.89. The number of benzene rings is 2. The highest BCUT2D eigenvalue weighted by molar-refractivity contribution is 7.92. The summed E-state index contributed by atoms with van der Waals surface area (Å²) < 4.78 is 45.2. The third-order valence-corrected chi connectivity index (χ3v) is 5.79. The first-order chi connectivity index (χ1) is 13.1. The first kappa shape index (κ1) is 21.6. The number of anilines is 1. The Hall–Kier alpha value is -2.72. The predicted octanol–water partition coefficient (Wildman–Crippen LogP) is 3.45. The number of halogens is 2. The van der Waals surface area contributed by atoms with Gasteiger partial charge in [-0.15, -0.1) is 0 Å². The minimum absolute atomic E-state index is 0.0207. The zero-order valence-corrected chi connectivity index (χ0v) is 16.5. The lowest BCUT2D eigenvalue weighted by Gasteiger charge is -2.24. The molecule has 0 N–H and O–H groups in total. The van der Waals surface area contributed by atoms with E-state index in [0.29, 0.717) is 4.31 Å². The number of hydrogen-bond donors (Lipinski definition) is 0. The maximum atomic E-state index is 13.5. The first-order valence-corrected chi connectivity index (χ1v) is 9.78. The largest absolute Gasteiger partial charge is 0.465 e. The molecule has 2 aromatic rings. The van der Waals surface area contributed by atoms with Gasteiger partial charge in [-0.05, 0) is 38.1 Å². The van der Waals surface area contributed by atoms with Gasteiger partial charge >= 0.3 is 5.97 Å². The summed E-state index contributed by atoms with van der Waals surface area (Å²) in [6.07, 6.45) is 0. The second-order valence-electron chi connectivity index (χ2n) is 5.62. The standard InChI is InChI=1S/C17H16ClFN2O6S/c1-3-27-17(22)10-20(12-5-7-15(19)14(18)8-12)28(25,26)13-6-4-11(2)16(9-13)21(23)24/h4-9H,3,10H2,1-2H3. The molecule has 0 aromatic heterocycles. The van der Waals surface area contributed by atoms with Crippen LogP contribution in [0.15, 0.2) is 41.3 Å². The number of nitro benzene ring substituents is 1. The second kappa shape index (κ2) is 8.53. The highest BCUT2D eigenvalue weighted by atomic mass is 35.5. The molecule has 150 valence electrons. The van der Waals surface area contributed by atoms with Crippen molar-refractivity contribution >= 4 is 39.0 Å². The fourth-order valence-corrected chi connectivity index (χ4v) is 3.95. The lowest BCUT2D eigenvalue weighted by Crippen LogP contribution is -2.36. The number of carbonyl (C=O) groups excluding carboxylic acids is 1. The number of hydrogen-bond acceptors (Lipinski definition) is 6. The van der Waals surface area contributed by atoms with Crippen LogP contribution in [0.1, 0.15) is 12.5 Å². The molecule has 0 aliphatic carbocycles. The molecule has 11 heteroatoms. The van der Waals surface area contributed by atoms with Crippen molar-refractivity contribution in [3.63, 3.8) is 0 Å². The summed E-state index contributed by atoms with van der Waals surface area (Å²) in [6, 6.07) is 6.47. The molecule has 2 aromatic carbocycles. The zero-order chi connectivity index (χ0) is 21.1. The molecular weight excluding hydrogens is 415 g/mol. The lowest BCUT2D eigenvalue weighted by atomic mass is 10.2. The fraction of sp³-hybridized carbons (Fsp3) is 0.235. The Morgan fingerprint density at radius 2 is 1.96 bits per heavy atom. The highest BCUT2D eigenvalue weighted by Crippen LogP contribution is 2.30. The maximum Gasteiger partial charge on any atom is 0.326 e. The monoisotopic (exact) mass is 430 g/mol. The number of esters is 1. The molecular formula is C17H16ClFN2O6S. The number of nitro groups is 1. The number of sulfonamides is 1. The Kier molecular flexibility index (Phi) is 6.57. The van der Waals surface area contributed by atoms with Crippen molar-refractivity contribution in [2.75, 3.05) is 17.5 Å². The van der Waals surface area contributed by atoms with Crippen molar-refractivity contribution < 1.29 is 27.3 Å².